The lowest BCUT2D eigenvalue weighted by Crippen LogP contribution is -2.11. The van der Waals surface area contributed by atoms with E-state index in [1.54, 1.807) is 73.7 Å². The molecule has 0 bridgehead atoms. The number of Topliss-reactive ketones (excluding diaryl/α,β-unsaturated/α-hetero) is 1. The first-order valence-corrected chi connectivity index (χ1v) is 9.94. The number of rotatable bonds is 4. The van der Waals surface area contributed by atoms with Crippen LogP contribution in [0.15, 0.2) is 66.4 Å². The number of carbonyl (C=O) groups is 2. The van der Waals surface area contributed by atoms with E-state index < -0.39 is 5.97 Å². The molecular formula is C24H16Cl2O4. The number of ketones is 1. The Morgan fingerprint density at radius 1 is 1.00 bits per heavy atom. The summed E-state index contributed by atoms with van der Waals surface area (Å²) in [7, 11) is 0. The van der Waals surface area contributed by atoms with E-state index in [1.165, 1.54) is 0 Å². The van der Waals surface area contributed by atoms with Crippen LogP contribution in [0, 0.1) is 6.92 Å². The van der Waals surface area contributed by atoms with E-state index in [4.69, 9.17) is 32.7 Å². The minimum absolute atomic E-state index is 0.106. The number of aryl methyl sites for hydroxylation is 1. The maximum atomic E-state index is 12.8. The Morgan fingerprint density at radius 2 is 1.63 bits per heavy atom. The second-order valence-corrected chi connectivity index (χ2v) is 7.75. The molecule has 6 heteroatoms. The zero-order valence-electron chi connectivity index (χ0n) is 15.9. The fraction of sp³-hybridized carbons (Fsp3) is 0.0833. The maximum Gasteiger partial charge on any atom is 0.315 e. The summed E-state index contributed by atoms with van der Waals surface area (Å²) >= 11 is 11.8. The summed E-state index contributed by atoms with van der Waals surface area (Å²) in [5, 5.41) is 1.21. The van der Waals surface area contributed by atoms with Crippen molar-refractivity contribution in [1.29, 1.82) is 0 Å². The first kappa shape index (κ1) is 20.2. The van der Waals surface area contributed by atoms with Crippen LogP contribution in [0.1, 0.15) is 27.0 Å². The molecule has 0 N–H and O–H groups in total. The molecule has 3 aromatic carbocycles. The minimum atomic E-state index is -0.419. The molecule has 3 aromatic rings. The summed E-state index contributed by atoms with van der Waals surface area (Å²) in [6.07, 6.45) is 1.76. The van der Waals surface area contributed by atoms with E-state index in [-0.39, 0.29) is 18.0 Å². The Hall–Kier alpha value is -3.08. The van der Waals surface area contributed by atoms with Crippen LogP contribution in [0.3, 0.4) is 0 Å². The summed E-state index contributed by atoms with van der Waals surface area (Å²) in [6.45, 7) is 1.78. The largest absolute Gasteiger partial charge is 0.452 e. The number of benzene rings is 3. The molecule has 0 spiro atoms. The lowest BCUT2D eigenvalue weighted by Gasteiger charge is -2.08. The van der Waals surface area contributed by atoms with Gasteiger partial charge in [-0.2, -0.15) is 0 Å². The highest BCUT2D eigenvalue weighted by Crippen LogP contribution is 2.37. The fourth-order valence-corrected chi connectivity index (χ4v) is 3.44. The second-order valence-electron chi connectivity index (χ2n) is 6.88. The molecule has 0 saturated heterocycles. The average Bonchev–Trinajstić information content (AvgIpc) is 3.01. The Labute approximate surface area is 183 Å². The van der Waals surface area contributed by atoms with E-state index in [0.717, 1.165) is 11.1 Å². The number of hydrogen-bond acceptors (Lipinski definition) is 4. The van der Waals surface area contributed by atoms with Gasteiger partial charge in [0.05, 0.1) is 12.0 Å². The number of esters is 1. The van der Waals surface area contributed by atoms with Gasteiger partial charge in [0, 0.05) is 16.1 Å². The van der Waals surface area contributed by atoms with Crippen molar-refractivity contribution in [2.75, 3.05) is 0 Å². The highest BCUT2D eigenvalue weighted by Gasteiger charge is 2.30. The molecule has 4 rings (SSSR count). The molecule has 0 fully saturated rings. The SMILES string of the molecule is Cc1cc(OC(=O)Cc2ccc(Cl)cc2)cc2c1C(=O)/C(=C/c1ccc(Cl)cc1)O2. The van der Waals surface area contributed by atoms with Crippen LogP contribution in [0.25, 0.3) is 6.08 Å². The summed E-state index contributed by atoms with van der Waals surface area (Å²) in [6, 6.07) is 17.3. The van der Waals surface area contributed by atoms with Crippen molar-refractivity contribution in [2.45, 2.75) is 13.3 Å². The van der Waals surface area contributed by atoms with Crippen molar-refractivity contribution in [3.63, 3.8) is 0 Å². The number of hydrogen-bond donors (Lipinski definition) is 0. The van der Waals surface area contributed by atoms with Gasteiger partial charge in [0.15, 0.2) is 5.76 Å². The van der Waals surface area contributed by atoms with E-state index >= 15 is 0 Å². The van der Waals surface area contributed by atoms with Crippen LogP contribution in [0.4, 0.5) is 0 Å². The number of halogens is 2. The minimum Gasteiger partial charge on any atom is -0.452 e. The monoisotopic (exact) mass is 438 g/mol. The van der Waals surface area contributed by atoms with Crippen molar-refractivity contribution >= 4 is 41.0 Å². The van der Waals surface area contributed by atoms with Gasteiger partial charge in [-0.25, -0.2) is 0 Å². The first-order valence-electron chi connectivity index (χ1n) is 9.18. The fourth-order valence-electron chi connectivity index (χ4n) is 3.18. The highest BCUT2D eigenvalue weighted by molar-refractivity contribution is 6.30. The number of allylic oxidation sites excluding steroid dienone is 1. The topological polar surface area (TPSA) is 52.6 Å². The normalized spacial score (nSPS) is 13.8. The second kappa shape index (κ2) is 8.34. The molecule has 0 amide bonds. The molecule has 1 heterocycles. The van der Waals surface area contributed by atoms with Gasteiger partial charge in [-0.15, -0.1) is 0 Å². The molecule has 0 aromatic heterocycles. The van der Waals surface area contributed by atoms with Gasteiger partial charge in [-0.1, -0.05) is 47.5 Å². The smallest absolute Gasteiger partial charge is 0.315 e. The highest BCUT2D eigenvalue weighted by atomic mass is 35.5. The van der Waals surface area contributed by atoms with Crippen molar-refractivity contribution < 1.29 is 19.1 Å². The Kier molecular flexibility index (Phi) is 5.62. The Bertz CT molecular complexity index is 1160. The molecule has 4 nitrogen and oxygen atoms in total. The molecule has 0 radical (unpaired) electrons. The molecule has 30 heavy (non-hydrogen) atoms. The summed E-state index contributed by atoms with van der Waals surface area (Å²) in [5.74, 6) is 0.273. The first-order chi connectivity index (χ1) is 14.4. The Morgan fingerprint density at radius 3 is 2.30 bits per heavy atom. The van der Waals surface area contributed by atoms with Gasteiger partial charge in [-0.3, -0.25) is 9.59 Å². The molecule has 1 aliphatic heterocycles. The third-order valence-electron chi connectivity index (χ3n) is 4.60. The van der Waals surface area contributed by atoms with Crippen molar-refractivity contribution in [3.05, 3.63) is 98.7 Å². The predicted molar refractivity (Wildman–Crippen MR) is 116 cm³/mol. The number of fused-ring (bicyclic) bond motifs is 1. The van der Waals surface area contributed by atoms with Crippen LogP contribution in [0.2, 0.25) is 10.0 Å². The molecule has 0 saturated carbocycles. The van der Waals surface area contributed by atoms with Gasteiger partial charge in [-0.05, 0) is 60.0 Å². The quantitative estimate of drug-likeness (QED) is 0.282. The lowest BCUT2D eigenvalue weighted by molar-refractivity contribution is -0.133. The summed E-state index contributed by atoms with van der Waals surface area (Å²) < 4.78 is 11.2. The molecule has 0 atom stereocenters. The van der Waals surface area contributed by atoms with Crippen molar-refractivity contribution in [2.24, 2.45) is 0 Å². The zero-order valence-corrected chi connectivity index (χ0v) is 17.5. The third kappa shape index (κ3) is 4.40. The van der Waals surface area contributed by atoms with Crippen LogP contribution < -0.4 is 9.47 Å². The van der Waals surface area contributed by atoms with Gasteiger partial charge in [0.2, 0.25) is 5.78 Å². The molecule has 1 aliphatic rings. The average molecular weight is 439 g/mol. The third-order valence-corrected chi connectivity index (χ3v) is 5.11. The predicted octanol–water partition coefficient (Wildman–Crippen LogP) is 6.07. The van der Waals surface area contributed by atoms with Gasteiger partial charge in [0.25, 0.3) is 0 Å². The summed E-state index contributed by atoms with van der Waals surface area (Å²) in [4.78, 5) is 25.0. The standard InChI is InChI=1S/C24H16Cl2O4/c1-14-10-19(29-22(27)12-16-4-8-18(26)9-5-16)13-20-23(14)24(28)21(30-20)11-15-2-6-17(25)7-3-15/h2-11,13H,12H2,1H3/b21-11-. The van der Waals surface area contributed by atoms with E-state index in [0.29, 0.717) is 32.7 Å². The van der Waals surface area contributed by atoms with E-state index in [1.807, 2.05) is 0 Å². The van der Waals surface area contributed by atoms with Crippen LogP contribution in [-0.2, 0) is 11.2 Å². The maximum absolute atomic E-state index is 12.8. The van der Waals surface area contributed by atoms with Crippen molar-refractivity contribution in [3.8, 4) is 11.5 Å². The van der Waals surface area contributed by atoms with Gasteiger partial charge >= 0.3 is 5.97 Å². The van der Waals surface area contributed by atoms with Gasteiger partial charge < -0.3 is 9.47 Å². The van der Waals surface area contributed by atoms with E-state index in [9.17, 15) is 9.59 Å². The van der Waals surface area contributed by atoms with Crippen LogP contribution >= 0.6 is 23.2 Å². The Balaban J connectivity index is 1.52. The molecule has 150 valence electrons. The lowest BCUT2D eigenvalue weighted by atomic mass is 10.0. The van der Waals surface area contributed by atoms with E-state index in [2.05, 4.69) is 0 Å². The van der Waals surface area contributed by atoms with Crippen LogP contribution in [0.5, 0.6) is 11.5 Å². The molecular weight excluding hydrogens is 423 g/mol. The molecule has 0 aliphatic carbocycles. The number of ether oxygens (including phenoxy) is 2. The van der Waals surface area contributed by atoms with Crippen LogP contribution in [-0.4, -0.2) is 11.8 Å². The van der Waals surface area contributed by atoms with Gasteiger partial charge in [0.1, 0.15) is 11.5 Å². The molecule has 0 unspecified atom stereocenters. The van der Waals surface area contributed by atoms with Crippen molar-refractivity contribution in [1.82, 2.24) is 0 Å². The zero-order chi connectivity index (χ0) is 21.3. The number of carbonyl (C=O) groups excluding carboxylic acids is 2. The summed E-state index contributed by atoms with van der Waals surface area (Å²) in [5.41, 5.74) is 2.73.